The lowest BCUT2D eigenvalue weighted by Crippen LogP contribution is -1.83. The lowest BCUT2D eigenvalue weighted by atomic mass is 10.1. The molecule has 0 amide bonds. The van der Waals surface area contributed by atoms with Crippen molar-refractivity contribution in [2.24, 2.45) is 0 Å². The number of aromatic hydroxyl groups is 1. The Balaban J connectivity index is 2.06. The van der Waals surface area contributed by atoms with Crippen molar-refractivity contribution in [3.63, 3.8) is 0 Å². The molecule has 3 rings (SSSR count). The minimum Gasteiger partial charge on any atom is -0.508 e. The summed E-state index contributed by atoms with van der Waals surface area (Å²) in [5, 5.41) is 18.2. The van der Waals surface area contributed by atoms with Crippen molar-refractivity contribution in [1.82, 2.24) is 15.2 Å². The molecule has 0 aliphatic carbocycles. The number of phenolic OH excluding ortho intramolecular Hbond substituents is 1. The summed E-state index contributed by atoms with van der Waals surface area (Å²) in [6, 6.07) is 9.08. The van der Waals surface area contributed by atoms with E-state index in [4.69, 9.17) is 0 Å². The van der Waals surface area contributed by atoms with E-state index in [1.54, 1.807) is 30.0 Å². The van der Waals surface area contributed by atoms with Gasteiger partial charge in [0.2, 0.25) is 0 Å². The van der Waals surface area contributed by atoms with Crippen LogP contribution in [0.25, 0.3) is 21.7 Å². The summed E-state index contributed by atoms with van der Waals surface area (Å²) in [6.07, 6.45) is 3.52. The van der Waals surface area contributed by atoms with E-state index in [2.05, 4.69) is 15.2 Å². The summed E-state index contributed by atoms with van der Waals surface area (Å²) in [5.74, 6) is 0.244. The summed E-state index contributed by atoms with van der Waals surface area (Å²) in [7, 11) is 0. The normalized spacial score (nSPS) is 10.4. The number of aromatic nitrogens is 3. The SMILES string of the molecule is Oc1cccc(-c2cncc(-c3nncs3)c2)c1. The van der Waals surface area contributed by atoms with Crippen LogP contribution in [0, 0.1) is 0 Å². The van der Waals surface area contributed by atoms with Crippen LogP contribution in [0.1, 0.15) is 0 Å². The summed E-state index contributed by atoms with van der Waals surface area (Å²) >= 11 is 1.47. The van der Waals surface area contributed by atoms with Gasteiger partial charge < -0.3 is 5.11 Å². The first-order valence-electron chi connectivity index (χ1n) is 5.34. The first kappa shape index (κ1) is 10.9. The van der Waals surface area contributed by atoms with Crippen molar-refractivity contribution in [3.05, 3.63) is 48.2 Å². The molecule has 0 saturated carbocycles. The Morgan fingerprint density at radius 3 is 2.67 bits per heavy atom. The molecule has 2 aromatic heterocycles. The zero-order chi connectivity index (χ0) is 12.4. The first-order valence-corrected chi connectivity index (χ1v) is 6.22. The summed E-state index contributed by atoms with van der Waals surface area (Å²) in [4.78, 5) is 4.20. The highest BCUT2D eigenvalue weighted by molar-refractivity contribution is 7.12. The van der Waals surface area contributed by atoms with Crippen molar-refractivity contribution < 1.29 is 5.11 Å². The van der Waals surface area contributed by atoms with Crippen LogP contribution >= 0.6 is 11.3 Å². The average molecular weight is 255 g/mol. The molecule has 1 aromatic carbocycles. The number of hydrogen-bond acceptors (Lipinski definition) is 5. The Morgan fingerprint density at radius 2 is 1.89 bits per heavy atom. The minimum absolute atomic E-state index is 0.244. The maximum atomic E-state index is 9.49. The molecule has 2 heterocycles. The molecular formula is C13H9N3OS. The van der Waals surface area contributed by atoms with Crippen LogP contribution in [-0.2, 0) is 0 Å². The van der Waals surface area contributed by atoms with E-state index >= 15 is 0 Å². The van der Waals surface area contributed by atoms with Gasteiger partial charge in [-0.25, -0.2) is 0 Å². The third-order valence-corrected chi connectivity index (χ3v) is 3.27. The predicted molar refractivity (Wildman–Crippen MR) is 70.2 cm³/mol. The quantitative estimate of drug-likeness (QED) is 0.764. The summed E-state index contributed by atoms with van der Waals surface area (Å²) < 4.78 is 0. The van der Waals surface area contributed by atoms with Crippen LogP contribution < -0.4 is 0 Å². The third kappa shape index (κ3) is 2.08. The molecule has 3 aromatic rings. The zero-order valence-corrected chi connectivity index (χ0v) is 10.1. The van der Waals surface area contributed by atoms with Gasteiger partial charge in [0, 0.05) is 23.5 Å². The van der Waals surface area contributed by atoms with Gasteiger partial charge in [-0.3, -0.25) is 4.98 Å². The highest BCUT2D eigenvalue weighted by Crippen LogP contribution is 2.27. The van der Waals surface area contributed by atoms with Gasteiger partial charge in [-0.05, 0) is 23.8 Å². The van der Waals surface area contributed by atoms with Gasteiger partial charge in [0.15, 0.2) is 0 Å². The summed E-state index contributed by atoms with van der Waals surface area (Å²) in [5.41, 5.74) is 4.49. The zero-order valence-electron chi connectivity index (χ0n) is 9.32. The molecule has 0 aliphatic rings. The fraction of sp³-hybridized carbons (Fsp3) is 0. The highest BCUT2D eigenvalue weighted by Gasteiger charge is 2.05. The molecule has 1 N–H and O–H groups in total. The second-order valence-corrected chi connectivity index (χ2v) is 4.59. The maximum Gasteiger partial charge on any atom is 0.149 e. The van der Waals surface area contributed by atoms with E-state index in [0.717, 1.165) is 21.7 Å². The van der Waals surface area contributed by atoms with Gasteiger partial charge >= 0.3 is 0 Å². The molecule has 4 nitrogen and oxygen atoms in total. The lowest BCUT2D eigenvalue weighted by molar-refractivity contribution is 0.475. The van der Waals surface area contributed by atoms with Gasteiger partial charge in [-0.1, -0.05) is 23.5 Å². The van der Waals surface area contributed by atoms with Gasteiger partial charge in [0.25, 0.3) is 0 Å². The number of phenols is 1. The van der Waals surface area contributed by atoms with Crippen LogP contribution in [0.3, 0.4) is 0 Å². The van der Waals surface area contributed by atoms with Crippen LogP contribution in [0.5, 0.6) is 5.75 Å². The standard InChI is InChI=1S/C13H9N3OS/c17-12-3-1-2-9(5-12)10-4-11(7-14-6-10)13-16-15-8-18-13/h1-8,17H. The Labute approximate surface area is 108 Å². The number of hydrogen-bond donors (Lipinski definition) is 1. The third-order valence-electron chi connectivity index (χ3n) is 2.52. The second-order valence-electron chi connectivity index (χ2n) is 3.76. The average Bonchev–Trinajstić information content (AvgIpc) is 2.93. The smallest absolute Gasteiger partial charge is 0.149 e. The summed E-state index contributed by atoms with van der Waals surface area (Å²) in [6.45, 7) is 0. The maximum absolute atomic E-state index is 9.49. The van der Waals surface area contributed by atoms with E-state index < -0.39 is 0 Å². The van der Waals surface area contributed by atoms with Crippen LogP contribution in [0.15, 0.2) is 48.2 Å². The molecule has 0 unspecified atom stereocenters. The lowest BCUT2D eigenvalue weighted by Gasteiger charge is -2.03. The molecule has 5 heteroatoms. The molecular weight excluding hydrogens is 246 g/mol. The molecule has 0 bridgehead atoms. The fourth-order valence-electron chi connectivity index (χ4n) is 1.70. The van der Waals surface area contributed by atoms with Crippen LogP contribution in [0.4, 0.5) is 0 Å². The van der Waals surface area contributed by atoms with E-state index in [1.807, 2.05) is 18.2 Å². The van der Waals surface area contributed by atoms with Gasteiger partial charge in [0.1, 0.15) is 16.3 Å². The molecule has 0 aliphatic heterocycles. The van der Waals surface area contributed by atoms with Gasteiger partial charge in [0.05, 0.1) is 0 Å². The number of nitrogens with zero attached hydrogens (tertiary/aromatic N) is 3. The minimum atomic E-state index is 0.244. The number of rotatable bonds is 2. The Kier molecular flexibility index (Phi) is 2.74. The topological polar surface area (TPSA) is 58.9 Å². The van der Waals surface area contributed by atoms with Gasteiger partial charge in [-0.15, -0.1) is 10.2 Å². The molecule has 88 valence electrons. The van der Waals surface area contributed by atoms with Crippen molar-refractivity contribution in [1.29, 1.82) is 0 Å². The Hall–Kier alpha value is -2.27. The van der Waals surface area contributed by atoms with E-state index in [9.17, 15) is 5.11 Å². The van der Waals surface area contributed by atoms with E-state index in [0.29, 0.717) is 0 Å². The van der Waals surface area contributed by atoms with Crippen molar-refractivity contribution >= 4 is 11.3 Å². The fourth-order valence-corrected chi connectivity index (χ4v) is 2.24. The van der Waals surface area contributed by atoms with Crippen LogP contribution in [-0.4, -0.2) is 20.3 Å². The monoisotopic (exact) mass is 255 g/mol. The first-order chi connectivity index (χ1) is 8.83. The molecule has 0 atom stereocenters. The van der Waals surface area contributed by atoms with Crippen molar-refractivity contribution in [2.75, 3.05) is 0 Å². The second kappa shape index (κ2) is 4.54. The van der Waals surface area contributed by atoms with Crippen molar-refractivity contribution in [2.45, 2.75) is 0 Å². The van der Waals surface area contributed by atoms with Gasteiger partial charge in [-0.2, -0.15) is 0 Å². The van der Waals surface area contributed by atoms with E-state index in [-0.39, 0.29) is 5.75 Å². The Bertz CT molecular complexity index is 668. The Morgan fingerprint density at radius 1 is 1.00 bits per heavy atom. The molecule has 18 heavy (non-hydrogen) atoms. The number of benzene rings is 1. The number of pyridine rings is 1. The highest BCUT2D eigenvalue weighted by atomic mass is 32.1. The van der Waals surface area contributed by atoms with Crippen molar-refractivity contribution in [3.8, 4) is 27.4 Å². The molecule has 0 fully saturated rings. The molecule has 0 spiro atoms. The largest absolute Gasteiger partial charge is 0.508 e. The molecule has 0 radical (unpaired) electrons. The van der Waals surface area contributed by atoms with Crippen LogP contribution in [0.2, 0.25) is 0 Å². The predicted octanol–water partition coefficient (Wildman–Crippen LogP) is 2.97. The molecule has 0 saturated heterocycles. The van der Waals surface area contributed by atoms with E-state index in [1.165, 1.54) is 11.3 Å².